The predicted molar refractivity (Wildman–Crippen MR) is 17.3 cm³/mol. The number of hydrogen-bond donors (Lipinski definition) is 0. The molecular formula is H6O3PSc. The molecular weight excluding hydrogens is 124 g/mol. The van der Waals surface area contributed by atoms with Crippen molar-refractivity contribution in [1.82, 2.24) is 0 Å². The van der Waals surface area contributed by atoms with E-state index in [1.54, 1.807) is 0 Å². The van der Waals surface area contributed by atoms with E-state index in [1.807, 2.05) is 0 Å². The second-order valence-electron chi connectivity index (χ2n) is 0. The van der Waals surface area contributed by atoms with E-state index in [-0.39, 0.29) is 52.2 Å². The molecule has 3 N–H and O–H groups in total. The third kappa shape index (κ3) is 37.6. The van der Waals surface area contributed by atoms with Crippen molar-refractivity contribution in [2.24, 2.45) is 0 Å². The Labute approximate surface area is 52.5 Å². The fourth-order valence-electron chi connectivity index (χ4n) is 0. The Hall–Kier alpha value is 1.18. The van der Waals surface area contributed by atoms with Crippen molar-refractivity contribution in [1.29, 1.82) is 0 Å². The van der Waals surface area contributed by atoms with Gasteiger partial charge in [0.2, 0.25) is 0 Å². The molecule has 0 amide bonds. The van der Waals surface area contributed by atoms with Gasteiger partial charge < -0.3 is 16.4 Å². The van der Waals surface area contributed by atoms with Gasteiger partial charge in [0.15, 0.2) is 0 Å². The minimum Gasteiger partial charge on any atom is -2.00 e. The molecule has 5 heteroatoms. The zero-order chi connectivity index (χ0) is 0. The summed E-state index contributed by atoms with van der Waals surface area (Å²) in [6.07, 6.45) is 0. The van der Waals surface area contributed by atoms with Crippen LogP contribution < -0.4 is 0 Å². The van der Waals surface area contributed by atoms with E-state index in [4.69, 9.17) is 0 Å². The van der Waals surface area contributed by atoms with Crippen LogP contribution in [0.4, 0.5) is 0 Å². The second-order valence-corrected chi connectivity index (χ2v) is 0. The molecule has 0 aromatic carbocycles. The van der Waals surface area contributed by atoms with Gasteiger partial charge in [0.1, 0.15) is 0 Å². The van der Waals surface area contributed by atoms with Crippen LogP contribution in [0.25, 0.3) is 0 Å². The van der Waals surface area contributed by atoms with Crippen LogP contribution >= 0.6 is 9.90 Å². The molecule has 0 heterocycles. The zero-order valence-electron chi connectivity index (χ0n) is 2.64. The van der Waals surface area contributed by atoms with Gasteiger partial charge in [-0.3, -0.25) is 0 Å². The van der Waals surface area contributed by atoms with E-state index in [1.165, 1.54) is 0 Å². The molecule has 0 fully saturated rings. The fourth-order valence-corrected chi connectivity index (χ4v) is 0. The molecule has 0 rings (SSSR count). The van der Waals surface area contributed by atoms with Crippen molar-refractivity contribution in [3.05, 3.63) is 0 Å². The molecule has 3 nitrogen and oxygen atoms in total. The Morgan fingerprint density at radius 3 is 1.00 bits per heavy atom. The van der Waals surface area contributed by atoms with Gasteiger partial charge in [0.25, 0.3) is 0 Å². The summed E-state index contributed by atoms with van der Waals surface area (Å²) >= 11 is 0. The molecule has 0 saturated carbocycles. The van der Waals surface area contributed by atoms with E-state index in [9.17, 15) is 0 Å². The Kier molecular flexibility index (Phi) is 1550. The smallest absolute Gasteiger partial charge is 2.00 e. The van der Waals surface area contributed by atoms with Crippen LogP contribution in [0.15, 0.2) is 0 Å². The molecule has 0 spiro atoms. The zero-order valence-corrected chi connectivity index (χ0v) is 5.86. The van der Waals surface area contributed by atoms with Gasteiger partial charge >= 0.3 is 25.8 Å². The van der Waals surface area contributed by atoms with Crippen LogP contribution in [0.5, 0.6) is 0 Å². The first kappa shape index (κ1) is 119. The summed E-state index contributed by atoms with van der Waals surface area (Å²) in [6, 6.07) is 0. The maximum Gasteiger partial charge on any atom is 3.00 e. The van der Waals surface area contributed by atoms with Crippen LogP contribution in [0.1, 0.15) is 0 Å². The third-order valence-electron chi connectivity index (χ3n) is 0. The summed E-state index contributed by atoms with van der Waals surface area (Å²) in [7, 11) is 0. The van der Waals surface area contributed by atoms with Gasteiger partial charge in [-0.15, -0.1) is 0 Å². The van der Waals surface area contributed by atoms with E-state index in [2.05, 4.69) is 0 Å². The minimum atomic E-state index is 0. The summed E-state index contributed by atoms with van der Waals surface area (Å²) in [5.41, 5.74) is 0. The summed E-state index contributed by atoms with van der Waals surface area (Å²) in [6.45, 7) is 0. The maximum atomic E-state index is 0. The van der Waals surface area contributed by atoms with E-state index in [0.717, 1.165) is 0 Å². The molecule has 1 unspecified atom stereocenters. The molecule has 0 radical (unpaired) electrons. The van der Waals surface area contributed by atoms with Crippen molar-refractivity contribution in [2.75, 3.05) is 0 Å². The normalized spacial score (nSPS) is 0. The Balaban J connectivity index is 0. The number of rotatable bonds is 0. The molecule has 0 aliphatic rings. The van der Waals surface area contributed by atoms with Crippen molar-refractivity contribution in [2.45, 2.75) is 0 Å². The maximum absolute atomic E-state index is 0. The minimum absolute atomic E-state index is 0. The quantitative estimate of drug-likeness (QED) is 0.384. The standard InChI is InChI=1S/2H2O.O.H3P.Sc/h2*1H2;;1H3;/q;;-2;;+3/p-1. The largest absolute Gasteiger partial charge is 3.00 e. The average Bonchev–Trinajstić information content (AvgIpc) is 0. The summed E-state index contributed by atoms with van der Waals surface area (Å²) in [5.74, 6) is 0. The van der Waals surface area contributed by atoms with E-state index in [0.29, 0.717) is 0 Å². The van der Waals surface area contributed by atoms with Gasteiger partial charge in [-0.1, -0.05) is 0 Å². The average molecular weight is 130 g/mol. The second kappa shape index (κ2) is 65.0. The molecule has 0 saturated heterocycles. The first-order valence-electron chi connectivity index (χ1n) is 0. The summed E-state index contributed by atoms with van der Waals surface area (Å²) in [5, 5.41) is 0. The van der Waals surface area contributed by atoms with Gasteiger partial charge in [-0.2, -0.15) is 9.90 Å². The Morgan fingerprint density at radius 2 is 1.00 bits per heavy atom. The predicted octanol–water partition coefficient (Wildman–Crippen LogP) is -1.06. The van der Waals surface area contributed by atoms with Crippen LogP contribution in [-0.2, 0) is 31.3 Å². The molecule has 1 atom stereocenters. The topological polar surface area (TPSA) is 90.0 Å². The first-order chi connectivity index (χ1) is 0. The van der Waals surface area contributed by atoms with Gasteiger partial charge in [-0.05, 0) is 0 Å². The molecule has 0 bridgehead atoms. The van der Waals surface area contributed by atoms with Crippen molar-refractivity contribution in [3.63, 3.8) is 0 Å². The van der Waals surface area contributed by atoms with Crippen LogP contribution in [0, 0.1) is 0 Å². The van der Waals surface area contributed by atoms with Crippen molar-refractivity contribution >= 4 is 9.90 Å². The van der Waals surface area contributed by atoms with Crippen LogP contribution in [0.3, 0.4) is 0 Å². The van der Waals surface area contributed by atoms with Crippen molar-refractivity contribution < 1.29 is 42.3 Å². The van der Waals surface area contributed by atoms with Crippen molar-refractivity contribution in [3.8, 4) is 0 Å². The molecule has 5 heavy (non-hydrogen) atoms. The van der Waals surface area contributed by atoms with Gasteiger partial charge in [0.05, 0.1) is 0 Å². The molecule has 0 aromatic rings. The Bertz CT molecular complexity index is 6.85. The van der Waals surface area contributed by atoms with Crippen LogP contribution in [0.2, 0.25) is 0 Å². The fraction of sp³-hybridized carbons (Fsp3) is 0. The SMILES string of the molecule is O.P.[O-2].[OH-].[Sc+3]. The monoisotopic (exact) mass is 130 g/mol. The first-order valence-corrected chi connectivity index (χ1v) is 0. The van der Waals surface area contributed by atoms with Gasteiger partial charge in [-0.25, -0.2) is 0 Å². The summed E-state index contributed by atoms with van der Waals surface area (Å²) in [4.78, 5) is 0. The molecule has 0 aliphatic heterocycles. The molecule has 0 aliphatic carbocycles. The number of hydrogen-bond acceptors (Lipinski definition) is 1. The van der Waals surface area contributed by atoms with Gasteiger partial charge in [0, 0.05) is 0 Å². The third-order valence-corrected chi connectivity index (χ3v) is 0. The van der Waals surface area contributed by atoms with E-state index >= 15 is 0 Å². The Morgan fingerprint density at radius 1 is 1.00 bits per heavy atom. The van der Waals surface area contributed by atoms with Crippen LogP contribution in [-0.4, -0.2) is 11.0 Å². The molecule has 0 aromatic heterocycles. The summed E-state index contributed by atoms with van der Waals surface area (Å²) < 4.78 is 0. The molecule has 32 valence electrons. The van der Waals surface area contributed by atoms with E-state index < -0.39 is 0 Å².